The minimum atomic E-state index is -0.389. The third kappa shape index (κ3) is 2.84. The van der Waals surface area contributed by atoms with E-state index in [9.17, 15) is 4.39 Å². The van der Waals surface area contributed by atoms with Crippen LogP contribution in [0.3, 0.4) is 0 Å². The van der Waals surface area contributed by atoms with Crippen LogP contribution in [0, 0.1) is 5.82 Å². The SMILES string of the molecule is Fc1ccc(CNCc2ccoc2)cc1Cl. The molecular weight excluding hydrogens is 229 g/mol. The highest BCUT2D eigenvalue weighted by Gasteiger charge is 2.00. The summed E-state index contributed by atoms with van der Waals surface area (Å²) in [5.41, 5.74) is 2.03. The molecule has 0 aliphatic carbocycles. The first kappa shape index (κ1) is 11.2. The average molecular weight is 240 g/mol. The summed E-state index contributed by atoms with van der Waals surface area (Å²) in [5.74, 6) is -0.389. The Morgan fingerprint density at radius 1 is 1.19 bits per heavy atom. The monoisotopic (exact) mass is 239 g/mol. The molecule has 0 radical (unpaired) electrons. The average Bonchev–Trinajstić information content (AvgIpc) is 2.76. The van der Waals surface area contributed by atoms with Gasteiger partial charge in [-0.15, -0.1) is 0 Å². The summed E-state index contributed by atoms with van der Waals surface area (Å²) in [7, 11) is 0. The molecule has 2 rings (SSSR count). The van der Waals surface area contributed by atoms with E-state index in [0.717, 1.165) is 11.1 Å². The second-order valence-corrected chi connectivity index (χ2v) is 3.89. The first-order valence-corrected chi connectivity index (χ1v) is 5.29. The van der Waals surface area contributed by atoms with Gasteiger partial charge in [0.25, 0.3) is 0 Å². The fraction of sp³-hybridized carbons (Fsp3) is 0.167. The lowest BCUT2D eigenvalue weighted by Gasteiger charge is -2.04. The van der Waals surface area contributed by atoms with Gasteiger partial charge in [0.05, 0.1) is 17.5 Å². The quantitative estimate of drug-likeness (QED) is 0.885. The number of benzene rings is 1. The molecule has 4 heteroatoms. The predicted octanol–water partition coefficient (Wildman–Crippen LogP) is 3.36. The first-order chi connectivity index (χ1) is 7.75. The molecule has 1 heterocycles. The van der Waals surface area contributed by atoms with Gasteiger partial charge in [-0.3, -0.25) is 0 Å². The van der Waals surface area contributed by atoms with Gasteiger partial charge in [-0.25, -0.2) is 4.39 Å². The van der Waals surface area contributed by atoms with E-state index in [2.05, 4.69) is 5.32 Å². The van der Waals surface area contributed by atoms with Crippen molar-refractivity contribution < 1.29 is 8.81 Å². The third-order valence-corrected chi connectivity index (χ3v) is 2.51. The summed E-state index contributed by atoms with van der Waals surface area (Å²) >= 11 is 5.67. The molecule has 0 aliphatic rings. The Morgan fingerprint density at radius 2 is 2.00 bits per heavy atom. The molecule has 0 amide bonds. The van der Waals surface area contributed by atoms with Crippen LogP contribution in [-0.2, 0) is 13.1 Å². The van der Waals surface area contributed by atoms with Gasteiger partial charge in [0.15, 0.2) is 0 Å². The second-order valence-electron chi connectivity index (χ2n) is 3.48. The van der Waals surface area contributed by atoms with Gasteiger partial charge in [0, 0.05) is 18.7 Å². The van der Waals surface area contributed by atoms with E-state index in [1.807, 2.05) is 6.07 Å². The van der Waals surface area contributed by atoms with Crippen LogP contribution in [0.1, 0.15) is 11.1 Å². The molecule has 0 atom stereocenters. The molecule has 0 bridgehead atoms. The van der Waals surface area contributed by atoms with Crippen LogP contribution in [0.4, 0.5) is 4.39 Å². The molecule has 1 aromatic heterocycles. The molecule has 0 aliphatic heterocycles. The Hall–Kier alpha value is -1.32. The number of furan rings is 1. The zero-order valence-corrected chi connectivity index (χ0v) is 9.30. The highest BCUT2D eigenvalue weighted by atomic mass is 35.5. The van der Waals surface area contributed by atoms with Crippen LogP contribution in [0.5, 0.6) is 0 Å². The number of hydrogen-bond donors (Lipinski definition) is 1. The van der Waals surface area contributed by atoms with Gasteiger partial charge < -0.3 is 9.73 Å². The van der Waals surface area contributed by atoms with Crippen molar-refractivity contribution in [1.82, 2.24) is 5.32 Å². The molecule has 1 N–H and O–H groups in total. The van der Waals surface area contributed by atoms with E-state index in [1.165, 1.54) is 6.07 Å². The highest BCUT2D eigenvalue weighted by Crippen LogP contribution is 2.15. The number of hydrogen-bond acceptors (Lipinski definition) is 2. The van der Waals surface area contributed by atoms with Crippen molar-refractivity contribution >= 4 is 11.6 Å². The summed E-state index contributed by atoms with van der Waals surface area (Å²) in [4.78, 5) is 0. The first-order valence-electron chi connectivity index (χ1n) is 4.91. The van der Waals surface area contributed by atoms with Crippen molar-refractivity contribution in [3.05, 3.63) is 58.8 Å². The lowest BCUT2D eigenvalue weighted by Crippen LogP contribution is -2.12. The molecule has 16 heavy (non-hydrogen) atoms. The molecule has 0 saturated carbocycles. The van der Waals surface area contributed by atoms with E-state index in [-0.39, 0.29) is 10.8 Å². The van der Waals surface area contributed by atoms with Gasteiger partial charge in [0.2, 0.25) is 0 Å². The van der Waals surface area contributed by atoms with Crippen molar-refractivity contribution in [2.75, 3.05) is 0 Å². The fourth-order valence-electron chi connectivity index (χ4n) is 1.39. The standard InChI is InChI=1S/C12H11ClFNO/c13-11-5-9(1-2-12(11)14)6-15-7-10-3-4-16-8-10/h1-5,8,15H,6-7H2. The topological polar surface area (TPSA) is 25.2 Å². The van der Waals surface area contributed by atoms with Gasteiger partial charge >= 0.3 is 0 Å². The third-order valence-electron chi connectivity index (χ3n) is 2.22. The molecule has 0 saturated heterocycles. The molecule has 0 fully saturated rings. The van der Waals surface area contributed by atoms with Gasteiger partial charge in [-0.1, -0.05) is 17.7 Å². The zero-order valence-electron chi connectivity index (χ0n) is 8.54. The molecule has 0 unspecified atom stereocenters. The molecule has 2 aromatic rings. The van der Waals surface area contributed by atoms with E-state index >= 15 is 0 Å². The normalized spacial score (nSPS) is 10.6. The maximum Gasteiger partial charge on any atom is 0.141 e. The van der Waals surface area contributed by atoms with Crippen molar-refractivity contribution in [2.45, 2.75) is 13.1 Å². The van der Waals surface area contributed by atoms with E-state index in [1.54, 1.807) is 24.7 Å². The van der Waals surface area contributed by atoms with Gasteiger partial charge in [-0.05, 0) is 23.8 Å². The molecular formula is C12H11ClFNO. The summed E-state index contributed by atoms with van der Waals surface area (Å²) in [6, 6.07) is 6.60. The summed E-state index contributed by atoms with van der Waals surface area (Å²) < 4.78 is 17.8. The van der Waals surface area contributed by atoms with E-state index in [4.69, 9.17) is 16.0 Å². The molecule has 2 nitrogen and oxygen atoms in total. The summed E-state index contributed by atoms with van der Waals surface area (Å²) in [6.45, 7) is 1.36. The van der Waals surface area contributed by atoms with Gasteiger partial charge in [0.1, 0.15) is 5.82 Å². The van der Waals surface area contributed by atoms with Crippen LogP contribution in [-0.4, -0.2) is 0 Å². The zero-order chi connectivity index (χ0) is 11.4. The van der Waals surface area contributed by atoms with Crippen molar-refractivity contribution in [3.8, 4) is 0 Å². The Labute approximate surface area is 98.0 Å². The largest absolute Gasteiger partial charge is 0.472 e. The minimum absolute atomic E-state index is 0.155. The van der Waals surface area contributed by atoms with Crippen molar-refractivity contribution in [1.29, 1.82) is 0 Å². The predicted molar refractivity (Wildman–Crippen MR) is 60.7 cm³/mol. The minimum Gasteiger partial charge on any atom is -0.472 e. The van der Waals surface area contributed by atoms with Crippen LogP contribution in [0.25, 0.3) is 0 Å². The maximum atomic E-state index is 12.9. The van der Waals surface area contributed by atoms with Crippen LogP contribution in [0.2, 0.25) is 5.02 Å². The molecule has 1 aromatic carbocycles. The van der Waals surface area contributed by atoms with Gasteiger partial charge in [-0.2, -0.15) is 0 Å². The Balaban J connectivity index is 1.87. The fourth-order valence-corrected chi connectivity index (χ4v) is 1.60. The Bertz CT molecular complexity index is 456. The Morgan fingerprint density at radius 3 is 2.69 bits per heavy atom. The summed E-state index contributed by atoms with van der Waals surface area (Å²) in [5, 5.41) is 3.36. The van der Waals surface area contributed by atoms with E-state index in [0.29, 0.717) is 13.1 Å². The number of nitrogens with one attached hydrogen (secondary N) is 1. The van der Waals surface area contributed by atoms with E-state index < -0.39 is 0 Å². The van der Waals surface area contributed by atoms with Crippen molar-refractivity contribution in [2.24, 2.45) is 0 Å². The molecule has 84 valence electrons. The summed E-state index contributed by atoms with van der Waals surface area (Å²) in [6.07, 6.45) is 3.32. The second kappa shape index (κ2) is 5.14. The van der Waals surface area contributed by atoms with Crippen LogP contribution < -0.4 is 5.32 Å². The van der Waals surface area contributed by atoms with Crippen molar-refractivity contribution in [3.63, 3.8) is 0 Å². The van der Waals surface area contributed by atoms with Crippen LogP contribution in [0.15, 0.2) is 41.2 Å². The number of halogens is 2. The highest BCUT2D eigenvalue weighted by molar-refractivity contribution is 6.30. The smallest absolute Gasteiger partial charge is 0.141 e. The number of rotatable bonds is 4. The Kier molecular flexibility index (Phi) is 3.59. The lowest BCUT2D eigenvalue weighted by molar-refractivity contribution is 0.560. The van der Waals surface area contributed by atoms with Crippen LogP contribution >= 0.6 is 11.6 Å². The lowest BCUT2D eigenvalue weighted by atomic mass is 10.2. The molecule has 0 spiro atoms. The maximum absolute atomic E-state index is 12.9.